The topological polar surface area (TPSA) is 38.1 Å². The van der Waals surface area contributed by atoms with Gasteiger partial charge in [-0.3, -0.25) is 0 Å². The number of thiazole rings is 1. The summed E-state index contributed by atoms with van der Waals surface area (Å²) in [5.41, 5.74) is 1.18. The van der Waals surface area contributed by atoms with Gasteiger partial charge in [-0.2, -0.15) is 0 Å². The van der Waals surface area contributed by atoms with Crippen LogP contribution in [0.1, 0.15) is 28.3 Å². The van der Waals surface area contributed by atoms with Gasteiger partial charge in [0, 0.05) is 35.6 Å². The summed E-state index contributed by atoms with van der Waals surface area (Å²) in [6, 6.07) is 1.98. The number of nitrogens with one attached hydrogen (secondary N) is 1. The number of nitrogens with zero attached hydrogens (tertiary/aromatic N) is 1. The maximum Gasteiger partial charge on any atom is 0.0968 e. The fraction of sp³-hybridized carbons (Fsp3) is 0.417. The van der Waals surface area contributed by atoms with E-state index in [0.717, 1.165) is 13.1 Å². The van der Waals surface area contributed by atoms with Crippen molar-refractivity contribution in [1.29, 1.82) is 0 Å². The van der Waals surface area contributed by atoms with Gasteiger partial charge in [-0.25, -0.2) is 4.98 Å². The summed E-state index contributed by atoms with van der Waals surface area (Å²) in [6.07, 6.45) is 5.41. The van der Waals surface area contributed by atoms with E-state index in [-0.39, 0.29) is 0 Å². The van der Waals surface area contributed by atoms with Crippen LogP contribution in [0, 0.1) is 6.92 Å². The molecule has 2 aromatic rings. The molecule has 0 saturated carbocycles. The first-order valence-electron chi connectivity index (χ1n) is 5.40. The lowest BCUT2D eigenvalue weighted by Crippen LogP contribution is -2.19. The lowest BCUT2D eigenvalue weighted by molar-refractivity contribution is 0.557. The van der Waals surface area contributed by atoms with Gasteiger partial charge in [-0.15, -0.1) is 11.3 Å². The molecule has 2 aromatic heterocycles. The molecule has 2 heterocycles. The Balaban J connectivity index is 1.78. The van der Waals surface area contributed by atoms with E-state index in [1.54, 1.807) is 23.9 Å². The number of furan rings is 1. The summed E-state index contributed by atoms with van der Waals surface area (Å²) in [7, 11) is 0. The molecular weight excluding hydrogens is 220 g/mol. The predicted molar refractivity (Wildman–Crippen MR) is 65.7 cm³/mol. The van der Waals surface area contributed by atoms with Gasteiger partial charge >= 0.3 is 0 Å². The molecule has 4 heteroatoms. The standard InChI is InChI=1S/C12H16N2OS/c1-9(12-14-6-10(2)16-12)5-13-7-11-3-4-15-8-11/h3-4,6,8-9,13H,5,7H2,1-2H3. The molecule has 2 rings (SSSR count). The number of hydrogen-bond acceptors (Lipinski definition) is 4. The zero-order valence-corrected chi connectivity index (χ0v) is 10.4. The second kappa shape index (κ2) is 5.27. The van der Waals surface area contributed by atoms with Crippen molar-refractivity contribution in [1.82, 2.24) is 10.3 Å². The molecule has 0 fully saturated rings. The van der Waals surface area contributed by atoms with E-state index in [2.05, 4.69) is 24.1 Å². The van der Waals surface area contributed by atoms with Crippen LogP contribution < -0.4 is 5.32 Å². The van der Waals surface area contributed by atoms with Crippen LogP contribution in [0.15, 0.2) is 29.2 Å². The maximum atomic E-state index is 5.01. The van der Waals surface area contributed by atoms with Crippen LogP contribution in [0.3, 0.4) is 0 Å². The quantitative estimate of drug-likeness (QED) is 0.867. The van der Waals surface area contributed by atoms with Crippen LogP contribution in [0.2, 0.25) is 0 Å². The minimum absolute atomic E-state index is 0.464. The third-order valence-corrected chi connectivity index (χ3v) is 3.56. The monoisotopic (exact) mass is 236 g/mol. The van der Waals surface area contributed by atoms with Crippen molar-refractivity contribution in [2.24, 2.45) is 0 Å². The lowest BCUT2D eigenvalue weighted by Gasteiger charge is -2.08. The zero-order valence-electron chi connectivity index (χ0n) is 9.56. The van der Waals surface area contributed by atoms with Crippen LogP contribution in [-0.4, -0.2) is 11.5 Å². The number of aryl methyl sites for hydroxylation is 1. The van der Waals surface area contributed by atoms with Crippen LogP contribution in [0.25, 0.3) is 0 Å². The second-order valence-corrected chi connectivity index (χ2v) is 5.24. The minimum atomic E-state index is 0.464. The SMILES string of the molecule is Cc1cnc(C(C)CNCc2ccoc2)s1. The zero-order chi connectivity index (χ0) is 11.4. The van der Waals surface area contributed by atoms with Gasteiger partial charge in [0.1, 0.15) is 0 Å². The molecule has 0 radical (unpaired) electrons. The predicted octanol–water partition coefficient (Wildman–Crippen LogP) is 2.94. The molecule has 0 aliphatic carbocycles. The molecule has 1 atom stereocenters. The van der Waals surface area contributed by atoms with Crippen LogP contribution in [0.4, 0.5) is 0 Å². The van der Waals surface area contributed by atoms with Gasteiger partial charge in [-0.05, 0) is 13.0 Å². The van der Waals surface area contributed by atoms with E-state index in [4.69, 9.17) is 4.42 Å². The molecule has 0 amide bonds. The Hall–Kier alpha value is -1.13. The largest absolute Gasteiger partial charge is 0.472 e. The van der Waals surface area contributed by atoms with Crippen molar-refractivity contribution in [2.75, 3.05) is 6.54 Å². The molecule has 0 bridgehead atoms. The van der Waals surface area contributed by atoms with Crippen molar-refractivity contribution in [3.05, 3.63) is 40.2 Å². The summed E-state index contributed by atoms with van der Waals surface area (Å²) < 4.78 is 5.01. The minimum Gasteiger partial charge on any atom is -0.472 e. The van der Waals surface area contributed by atoms with E-state index in [9.17, 15) is 0 Å². The van der Waals surface area contributed by atoms with Gasteiger partial charge in [0.25, 0.3) is 0 Å². The van der Waals surface area contributed by atoms with Crippen molar-refractivity contribution in [2.45, 2.75) is 26.3 Å². The Kier molecular flexibility index (Phi) is 3.74. The van der Waals surface area contributed by atoms with Gasteiger partial charge in [0.15, 0.2) is 0 Å². The molecule has 16 heavy (non-hydrogen) atoms. The van der Waals surface area contributed by atoms with Crippen molar-refractivity contribution in [3.63, 3.8) is 0 Å². The summed E-state index contributed by atoms with van der Waals surface area (Å²) in [5.74, 6) is 0.464. The van der Waals surface area contributed by atoms with Crippen LogP contribution in [0.5, 0.6) is 0 Å². The van der Waals surface area contributed by atoms with E-state index < -0.39 is 0 Å². The van der Waals surface area contributed by atoms with Gasteiger partial charge < -0.3 is 9.73 Å². The van der Waals surface area contributed by atoms with Gasteiger partial charge in [0.05, 0.1) is 17.5 Å². The Morgan fingerprint density at radius 3 is 3.06 bits per heavy atom. The molecule has 0 aliphatic rings. The van der Waals surface area contributed by atoms with Crippen molar-refractivity contribution >= 4 is 11.3 Å². The fourth-order valence-corrected chi connectivity index (χ4v) is 2.34. The third kappa shape index (κ3) is 2.93. The smallest absolute Gasteiger partial charge is 0.0968 e. The second-order valence-electron chi connectivity index (χ2n) is 3.97. The highest BCUT2D eigenvalue weighted by molar-refractivity contribution is 7.11. The average molecular weight is 236 g/mol. The first-order chi connectivity index (χ1) is 7.75. The number of hydrogen-bond donors (Lipinski definition) is 1. The molecule has 3 nitrogen and oxygen atoms in total. The summed E-state index contributed by atoms with van der Waals surface area (Å²) in [4.78, 5) is 5.67. The normalized spacial score (nSPS) is 12.9. The number of aromatic nitrogens is 1. The molecule has 86 valence electrons. The lowest BCUT2D eigenvalue weighted by atomic mass is 10.2. The average Bonchev–Trinajstić information content (AvgIpc) is 2.89. The third-order valence-electron chi connectivity index (χ3n) is 2.42. The first kappa shape index (κ1) is 11.4. The van der Waals surface area contributed by atoms with E-state index in [1.807, 2.05) is 12.3 Å². The van der Waals surface area contributed by atoms with E-state index >= 15 is 0 Å². The Bertz CT molecular complexity index is 422. The van der Waals surface area contributed by atoms with Crippen LogP contribution >= 0.6 is 11.3 Å². The van der Waals surface area contributed by atoms with Crippen molar-refractivity contribution in [3.8, 4) is 0 Å². The van der Waals surface area contributed by atoms with Crippen molar-refractivity contribution < 1.29 is 4.42 Å². The molecule has 0 aromatic carbocycles. The van der Waals surface area contributed by atoms with Gasteiger partial charge in [0.2, 0.25) is 0 Å². The molecule has 0 spiro atoms. The fourth-order valence-electron chi connectivity index (χ4n) is 1.51. The number of rotatable bonds is 5. The van der Waals surface area contributed by atoms with Gasteiger partial charge in [-0.1, -0.05) is 6.92 Å². The first-order valence-corrected chi connectivity index (χ1v) is 6.21. The van der Waals surface area contributed by atoms with E-state index in [1.165, 1.54) is 15.4 Å². The summed E-state index contributed by atoms with van der Waals surface area (Å²) in [6.45, 7) is 6.08. The van der Waals surface area contributed by atoms with E-state index in [0.29, 0.717) is 5.92 Å². The Morgan fingerprint density at radius 1 is 1.56 bits per heavy atom. The highest BCUT2D eigenvalue weighted by atomic mass is 32.1. The molecule has 0 saturated heterocycles. The summed E-state index contributed by atoms with van der Waals surface area (Å²) in [5, 5.41) is 4.61. The Morgan fingerprint density at radius 2 is 2.44 bits per heavy atom. The Labute approximate surface area is 99.5 Å². The summed E-state index contributed by atoms with van der Waals surface area (Å²) >= 11 is 1.77. The van der Waals surface area contributed by atoms with Crippen LogP contribution in [-0.2, 0) is 6.54 Å². The molecule has 1 unspecified atom stereocenters. The highest BCUT2D eigenvalue weighted by Gasteiger charge is 2.08. The highest BCUT2D eigenvalue weighted by Crippen LogP contribution is 2.20. The maximum absolute atomic E-state index is 5.01. The molecular formula is C12H16N2OS. The molecule has 0 aliphatic heterocycles. The molecule has 1 N–H and O–H groups in total.